The molecule has 150 valence electrons. The highest BCUT2D eigenvalue weighted by Crippen LogP contribution is 2.38. The third-order valence-corrected chi connectivity index (χ3v) is 4.47. The number of ether oxygens (including phenoxy) is 3. The summed E-state index contributed by atoms with van der Waals surface area (Å²) in [4.78, 5) is 16.2. The molecule has 2 rings (SSSR count). The maximum absolute atomic E-state index is 12.4. The number of nitrogens with zero attached hydrogens (tertiary/aromatic N) is 2. The van der Waals surface area contributed by atoms with E-state index in [9.17, 15) is 9.90 Å². The van der Waals surface area contributed by atoms with Crippen molar-refractivity contribution in [2.75, 3.05) is 60.7 Å². The number of β-amino-alcohol motifs (C(OH)–C–C–N with tert-alkyl or cyclic N) is 1. The summed E-state index contributed by atoms with van der Waals surface area (Å²) in [5.41, 5.74) is 0.766. The first-order valence-corrected chi connectivity index (χ1v) is 8.80. The second-order valence-electron chi connectivity index (χ2n) is 6.25. The zero-order chi connectivity index (χ0) is 19.8. The number of aliphatic hydroxyl groups excluding tert-OH is 2. The van der Waals surface area contributed by atoms with Crippen molar-refractivity contribution in [2.24, 2.45) is 0 Å². The van der Waals surface area contributed by atoms with Crippen LogP contribution in [0.25, 0.3) is 6.08 Å². The molecule has 0 radical (unpaired) electrons. The standard InChI is InChI=1S/C19H28N2O6/c1-25-16-10-14(11-17(26-2)19(16)27-3)4-5-18(24)21-8-6-20(7-9-21)12-15(23)13-22/h4-5,10-11,15,22-23H,6-9,12-13H2,1-3H3/b5-4+. The predicted octanol–water partition coefficient (Wildman–Crippen LogP) is 0.223. The maximum atomic E-state index is 12.4. The van der Waals surface area contributed by atoms with Gasteiger partial charge in [-0.2, -0.15) is 0 Å². The summed E-state index contributed by atoms with van der Waals surface area (Å²) in [6, 6.07) is 3.55. The highest BCUT2D eigenvalue weighted by molar-refractivity contribution is 5.92. The third-order valence-electron chi connectivity index (χ3n) is 4.47. The molecule has 0 aliphatic carbocycles. The molecule has 1 fully saturated rings. The van der Waals surface area contributed by atoms with Gasteiger partial charge in [-0.15, -0.1) is 0 Å². The number of aliphatic hydroxyl groups is 2. The van der Waals surface area contributed by atoms with E-state index >= 15 is 0 Å². The van der Waals surface area contributed by atoms with Gasteiger partial charge < -0.3 is 29.3 Å². The molecule has 2 N–H and O–H groups in total. The number of hydrogen-bond acceptors (Lipinski definition) is 7. The van der Waals surface area contributed by atoms with Crippen LogP contribution in [0.1, 0.15) is 5.56 Å². The average molecular weight is 380 g/mol. The molecule has 27 heavy (non-hydrogen) atoms. The minimum Gasteiger partial charge on any atom is -0.493 e. The van der Waals surface area contributed by atoms with Crippen LogP contribution in [0, 0.1) is 0 Å². The van der Waals surface area contributed by atoms with Gasteiger partial charge in [-0.05, 0) is 23.8 Å². The first kappa shape index (κ1) is 21.0. The molecule has 1 heterocycles. The Morgan fingerprint density at radius 2 is 1.70 bits per heavy atom. The molecular formula is C19H28N2O6. The number of amides is 1. The van der Waals surface area contributed by atoms with E-state index in [2.05, 4.69) is 0 Å². The van der Waals surface area contributed by atoms with Gasteiger partial charge in [0.25, 0.3) is 0 Å². The van der Waals surface area contributed by atoms with Crippen LogP contribution in [0.15, 0.2) is 18.2 Å². The van der Waals surface area contributed by atoms with E-state index in [1.165, 1.54) is 6.08 Å². The van der Waals surface area contributed by atoms with Gasteiger partial charge >= 0.3 is 0 Å². The molecular weight excluding hydrogens is 352 g/mol. The Labute approximate surface area is 159 Å². The van der Waals surface area contributed by atoms with E-state index in [0.29, 0.717) is 50.0 Å². The van der Waals surface area contributed by atoms with Crippen LogP contribution in [-0.2, 0) is 4.79 Å². The summed E-state index contributed by atoms with van der Waals surface area (Å²) in [5.74, 6) is 1.48. The Bertz CT molecular complexity index is 631. The smallest absolute Gasteiger partial charge is 0.246 e. The van der Waals surface area contributed by atoms with Crippen LogP contribution >= 0.6 is 0 Å². The number of benzene rings is 1. The molecule has 1 aliphatic rings. The van der Waals surface area contributed by atoms with Crippen molar-refractivity contribution in [3.8, 4) is 17.2 Å². The van der Waals surface area contributed by atoms with Crippen molar-refractivity contribution in [3.05, 3.63) is 23.8 Å². The van der Waals surface area contributed by atoms with Crippen molar-refractivity contribution in [2.45, 2.75) is 6.10 Å². The highest BCUT2D eigenvalue weighted by atomic mass is 16.5. The lowest BCUT2D eigenvalue weighted by Crippen LogP contribution is -2.50. The summed E-state index contributed by atoms with van der Waals surface area (Å²) in [6.07, 6.45) is 2.50. The lowest BCUT2D eigenvalue weighted by Gasteiger charge is -2.34. The van der Waals surface area contributed by atoms with Gasteiger partial charge in [-0.1, -0.05) is 0 Å². The van der Waals surface area contributed by atoms with Crippen molar-refractivity contribution >= 4 is 12.0 Å². The van der Waals surface area contributed by atoms with E-state index in [1.54, 1.807) is 44.4 Å². The fourth-order valence-corrected chi connectivity index (χ4v) is 2.98. The highest BCUT2D eigenvalue weighted by Gasteiger charge is 2.21. The van der Waals surface area contributed by atoms with Gasteiger partial charge in [0.1, 0.15) is 0 Å². The molecule has 1 amide bonds. The van der Waals surface area contributed by atoms with Gasteiger partial charge in [-0.3, -0.25) is 9.69 Å². The third kappa shape index (κ3) is 5.59. The summed E-state index contributed by atoms with van der Waals surface area (Å²) in [5, 5.41) is 18.4. The maximum Gasteiger partial charge on any atom is 0.246 e. The second-order valence-corrected chi connectivity index (χ2v) is 6.25. The molecule has 0 bridgehead atoms. The number of carbonyl (C=O) groups is 1. The molecule has 8 heteroatoms. The van der Waals surface area contributed by atoms with Gasteiger partial charge in [0.2, 0.25) is 11.7 Å². The lowest BCUT2D eigenvalue weighted by molar-refractivity contribution is -0.127. The van der Waals surface area contributed by atoms with Gasteiger partial charge in [0, 0.05) is 38.8 Å². The number of hydrogen-bond donors (Lipinski definition) is 2. The van der Waals surface area contributed by atoms with Gasteiger partial charge in [0.15, 0.2) is 11.5 Å². The fraction of sp³-hybridized carbons (Fsp3) is 0.526. The molecule has 1 atom stereocenters. The molecule has 1 aliphatic heterocycles. The average Bonchev–Trinajstić information content (AvgIpc) is 2.71. The van der Waals surface area contributed by atoms with E-state index in [-0.39, 0.29) is 12.5 Å². The fourth-order valence-electron chi connectivity index (χ4n) is 2.98. The largest absolute Gasteiger partial charge is 0.493 e. The van der Waals surface area contributed by atoms with Gasteiger partial charge in [0.05, 0.1) is 34.0 Å². The Balaban J connectivity index is 1.99. The molecule has 1 unspecified atom stereocenters. The molecule has 1 saturated heterocycles. The lowest BCUT2D eigenvalue weighted by atomic mass is 10.1. The predicted molar refractivity (Wildman–Crippen MR) is 101 cm³/mol. The number of piperazine rings is 1. The zero-order valence-electron chi connectivity index (χ0n) is 16.1. The number of rotatable bonds is 8. The van der Waals surface area contributed by atoms with E-state index in [1.807, 2.05) is 4.90 Å². The van der Waals surface area contributed by atoms with Crippen LogP contribution < -0.4 is 14.2 Å². The minimum absolute atomic E-state index is 0.0777. The Morgan fingerprint density at radius 3 is 2.19 bits per heavy atom. The first-order chi connectivity index (χ1) is 13.0. The molecule has 0 saturated carbocycles. The Morgan fingerprint density at radius 1 is 1.11 bits per heavy atom. The van der Waals surface area contributed by atoms with Crippen LogP contribution in [-0.4, -0.2) is 92.7 Å². The van der Waals surface area contributed by atoms with Crippen molar-refractivity contribution in [1.29, 1.82) is 0 Å². The SMILES string of the molecule is COc1cc(/C=C/C(=O)N2CCN(CC(O)CO)CC2)cc(OC)c1OC. The summed E-state index contributed by atoms with van der Waals surface area (Å²) >= 11 is 0. The van der Waals surface area contributed by atoms with Crippen molar-refractivity contribution < 1.29 is 29.2 Å². The number of carbonyl (C=O) groups excluding carboxylic acids is 1. The van der Waals surface area contributed by atoms with Gasteiger partial charge in [-0.25, -0.2) is 0 Å². The second kappa shape index (κ2) is 10.1. The molecule has 1 aromatic carbocycles. The van der Waals surface area contributed by atoms with Crippen LogP contribution in [0.5, 0.6) is 17.2 Å². The molecule has 0 spiro atoms. The van der Waals surface area contributed by atoms with Crippen LogP contribution in [0.4, 0.5) is 0 Å². The first-order valence-electron chi connectivity index (χ1n) is 8.80. The molecule has 1 aromatic rings. The van der Waals surface area contributed by atoms with Crippen molar-refractivity contribution in [1.82, 2.24) is 9.80 Å². The Kier molecular flexibility index (Phi) is 7.90. The number of methoxy groups -OCH3 is 3. The summed E-state index contributed by atoms with van der Waals surface area (Å²) < 4.78 is 15.9. The zero-order valence-corrected chi connectivity index (χ0v) is 16.1. The topological polar surface area (TPSA) is 91.7 Å². The monoisotopic (exact) mass is 380 g/mol. The summed E-state index contributed by atoms with van der Waals surface area (Å²) in [6.45, 7) is 2.66. The van der Waals surface area contributed by atoms with E-state index in [0.717, 1.165) is 5.56 Å². The van der Waals surface area contributed by atoms with Crippen LogP contribution in [0.2, 0.25) is 0 Å². The molecule has 8 nitrogen and oxygen atoms in total. The van der Waals surface area contributed by atoms with E-state index in [4.69, 9.17) is 19.3 Å². The Hall–Kier alpha value is -2.29. The summed E-state index contributed by atoms with van der Waals surface area (Å²) in [7, 11) is 4.63. The van der Waals surface area contributed by atoms with Crippen molar-refractivity contribution in [3.63, 3.8) is 0 Å². The van der Waals surface area contributed by atoms with Crippen LogP contribution in [0.3, 0.4) is 0 Å². The quantitative estimate of drug-likeness (QED) is 0.624. The molecule has 0 aromatic heterocycles. The normalized spacial score (nSPS) is 16.4. The minimum atomic E-state index is -0.743. The van der Waals surface area contributed by atoms with E-state index < -0.39 is 6.10 Å².